The van der Waals surface area contributed by atoms with Gasteiger partial charge < -0.3 is 5.11 Å². The molecule has 1 atom stereocenters. The molecule has 1 fully saturated rings. The summed E-state index contributed by atoms with van der Waals surface area (Å²) in [5.74, 6) is -0.958. The summed E-state index contributed by atoms with van der Waals surface area (Å²) >= 11 is 2.68. The fraction of sp³-hybridized carbons (Fsp3) is 0.429. The first-order chi connectivity index (χ1) is 10.7. The molecule has 6 nitrogen and oxygen atoms in total. The van der Waals surface area contributed by atoms with Crippen LogP contribution in [0.4, 0.5) is 0 Å². The lowest BCUT2D eigenvalue weighted by atomic mass is 9.90. The summed E-state index contributed by atoms with van der Waals surface area (Å²) in [6, 6.07) is 3.32. The van der Waals surface area contributed by atoms with Crippen LogP contribution < -0.4 is 0 Å². The number of hydrogen-bond acceptors (Lipinski definition) is 6. The zero-order valence-corrected chi connectivity index (χ0v) is 15.1. The van der Waals surface area contributed by atoms with E-state index in [1.807, 2.05) is 12.3 Å². The Kier molecular flexibility index (Phi) is 4.07. The molecule has 1 unspecified atom stereocenters. The number of carbonyl (C=O) groups is 1. The third-order valence-corrected chi connectivity index (χ3v) is 8.20. The van der Waals surface area contributed by atoms with Gasteiger partial charge in [-0.25, -0.2) is 13.4 Å². The lowest BCUT2D eigenvalue weighted by molar-refractivity contribution is -0.146. The Morgan fingerprint density at radius 2 is 2.17 bits per heavy atom. The fourth-order valence-corrected chi connectivity index (χ4v) is 6.17. The van der Waals surface area contributed by atoms with Crippen molar-refractivity contribution >= 4 is 38.7 Å². The van der Waals surface area contributed by atoms with Crippen molar-refractivity contribution < 1.29 is 18.3 Å². The van der Waals surface area contributed by atoms with Gasteiger partial charge in [0.2, 0.25) is 0 Å². The molecule has 0 spiro atoms. The maximum Gasteiger partial charge on any atom is 0.310 e. The number of aromatic nitrogens is 1. The van der Waals surface area contributed by atoms with Crippen molar-refractivity contribution in [1.29, 1.82) is 0 Å². The minimum absolute atomic E-state index is 0.00765. The first-order valence-corrected chi connectivity index (χ1v) is 10.1. The number of aryl methyl sites for hydroxylation is 1. The lowest BCUT2D eigenvalue weighted by Gasteiger charge is -2.19. The Balaban J connectivity index is 1.87. The minimum atomic E-state index is -3.66. The highest BCUT2D eigenvalue weighted by Crippen LogP contribution is 2.37. The molecule has 0 radical (unpaired) electrons. The summed E-state index contributed by atoms with van der Waals surface area (Å²) in [5.41, 5.74) is -0.241. The number of thiazole rings is 1. The molecule has 1 N–H and O–H groups in total. The van der Waals surface area contributed by atoms with Gasteiger partial charge in [-0.3, -0.25) is 4.79 Å². The van der Waals surface area contributed by atoms with Crippen LogP contribution in [0, 0.1) is 12.3 Å². The van der Waals surface area contributed by atoms with Crippen molar-refractivity contribution in [2.45, 2.75) is 24.5 Å². The second kappa shape index (κ2) is 5.66. The third kappa shape index (κ3) is 2.93. The maximum atomic E-state index is 12.7. The number of aliphatic carboxylic acids is 1. The number of carboxylic acids is 1. The van der Waals surface area contributed by atoms with E-state index in [1.54, 1.807) is 19.1 Å². The molecule has 9 heteroatoms. The van der Waals surface area contributed by atoms with Crippen LogP contribution in [0.1, 0.15) is 18.4 Å². The van der Waals surface area contributed by atoms with Crippen LogP contribution >= 0.6 is 22.7 Å². The van der Waals surface area contributed by atoms with E-state index in [-0.39, 0.29) is 17.3 Å². The second-order valence-electron chi connectivity index (χ2n) is 5.82. The van der Waals surface area contributed by atoms with Gasteiger partial charge in [0.1, 0.15) is 4.21 Å². The van der Waals surface area contributed by atoms with Gasteiger partial charge in [0.25, 0.3) is 10.0 Å². The molecular weight excluding hydrogens is 356 g/mol. The zero-order chi connectivity index (χ0) is 16.8. The molecule has 0 aliphatic carbocycles. The Bertz CT molecular complexity index is 855. The van der Waals surface area contributed by atoms with Gasteiger partial charge in [0.15, 0.2) is 0 Å². The Hall–Kier alpha value is -1.29. The van der Waals surface area contributed by atoms with E-state index in [0.717, 1.165) is 15.6 Å². The standard InChI is InChI=1S/C14H16N2O4S3/c1-9-15-10(7-21-9)11-3-4-12(22-11)23(19,20)16-6-5-14(2,8-16)13(17)18/h3-4,7H,5-6,8H2,1-2H3,(H,17,18). The average Bonchev–Trinajstić information content (AvgIpc) is 3.17. The molecule has 2 aromatic rings. The number of hydrogen-bond donors (Lipinski definition) is 1. The molecule has 0 aromatic carbocycles. The monoisotopic (exact) mass is 372 g/mol. The fourth-order valence-electron chi connectivity index (χ4n) is 2.50. The zero-order valence-electron chi connectivity index (χ0n) is 12.6. The molecule has 23 heavy (non-hydrogen) atoms. The van der Waals surface area contributed by atoms with Crippen LogP contribution in [0.5, 0.6) is 0 Å². The molecule has 3 heterocycles. The summed E-state index contributed by atoms with van der Waals surface area (Å²) in [6.45, 7) is 3.72. The van der Waals surface area contributed by atoms with Gasteiger partial charge in [0.05, 0.1) is 21.0 Å². The van der Waals surface area contributed by atoms with E-state index >= 15 is 0 Å². The van der Waals surface area contributed by atoms with Crippen molar-refractivity contribution in [2.75, 3.05) is 13.1 Å². The van der Waals surface area contributed by atoms with Gasteiger partial charge in [-0.2, -0.15) is 4.31 Å². The molecule has 3 rings (SSSR count). The van der Waals surface area contributed by atoms with Gasteiger partial charge in [0, 0.05) is 18.5 Å². The first-order valence-electron chi connectivity index (χ1n) is 6.98. The summed E-state index contributed by atoms with van der Waals surface area (Å²) in [7, 11) is -3.66. The third-order valence-electron chi connectivity index (χ3n) is 4.00. The van der Waals surface area contributed by atoms with Gasteiger partial charge in [-0.05, 0) is 32.4 Å². The number of nitrogens with zero attached hydrogens (tertiary/aromatic N) is 2. The smallest absolute Gasteiger partial charge is 0.310 e. The molecular formula is C14H16N2O4S3. The maximum absolute atomic E-state index is 12.7. The highest BCUT2D eigenvalue weighted by atomic mass is 32.2. The minimum Gasteiger partial charge on any atom is -0.481 e. The molecule has 1 aliphatic heterocycles. The predicted octanol–water partition coefficient (Wildman–Crippen LogP) is 2.67. The highest BCUT2D eigenvalue weighted by Gasteiger charge is 2.45. The van der Waals surface area contributed by atoms with Crippen LogP contribution in [0.15, 0.2) is 21.7 Å². The molecule has 2 aromatic heterocycles. The number of thiophene rings is 1. The van der Waals surface area contributed by atoms with Crippen LogP contribution in [0.3, 0.4) is 0 Å². The normalized spacial score (nSPS) is 22.5. The van der Waals surface area contributed by atoms with Crippen molar-refractivity contribution in [3.63, 3.8) is 0 Å². The first kappa shape index (κ1) is 16.6. The average molecular weight is 372 g/mol. The van der Waals surface area contributed by atoms with Crippen molar-refractivity contribution in [1.82, 2.24) is 9.29 Å². The van der Waals surface area contributed by atoms with E-state index in [4.69, 9.17) is 0 Å². The van der Waals surface area contributed by atoms with E-state index in [1.165, 1.54) is 27.0 Å². The topological polar surface area (TPSA) is 87.6 Å². The second-order valence-corrected chi connectivity index (χ2v) is 10.1. The Morgan fingerprint density at radius 1 is 1.43 bits per heavy atom. The summed E-state index contributed by atoms with van der Waals surface area (Å²) in [4.78, 5) is 16.5. The van der Waals surface area contributed by atoms with Crippen molar-refractivity contribution in [2.24, 2.45) is 5.41 Å². The summed E-state index contributed by atoms with van der Waals surface area (Å²) in [6.07, 6.45) is 0.324. The van der Waals surface area contributed by atoms with Crippen LogP contribution in [0.25, 0.3) is 10.6 Å². The van der Waals surface area contributed by atoms with Crippen LogP contribution in [0.2, 0.25) is 0 Å². The summed E-state index contributed by atoms with van der Waals surface area (Å²) < 4.78 is 26.9. The van der Waals surface area contributed by atoms with Gasteiger partial charge in [-0.1, -0.05) is 0 Å². The van der Waals surface area contributed by atoms with Gasteiger partial charge >= 0.3 is 5.97 Å². The largest absolute Gasteiger partial charge is 0.481 e. The molecule has 0 amide bonds. The number of sulfonamides is 1. The van der Waals surface area contributed by atoms with E-state index < -0.39 is 21.4 Å². The van der Waals surface area contributed by atoms with E-state index in [9.17, 15) is 18.3 Å². The number of carboxylic acid groups (broad SMARTS) is 1. The van der Waals surface area contributed by atoms with Crippen molar-refractivity contribution in [3.05, 3.63) is 22.5 Å². The Labute approximate surface area is 142 Å². The van der Waals surface area contributed by atoms with Gasteiger partial charge in [-0.15, -0.1) is 22.7 Å². The van der Waals surface area contributed by atoms with E-state index in [0.29, 0.717) is 6.42 Å². The highest BCUT2D eigenvalue weighted by molar-refractivity contribution is 7.91. The van der Waals surface area contributed by atoms with E-state index in [2.05, 4.69) is 4.98 Å². The summed E-state index contributed by atoms with van der Waals surface area (Å²) in [5, 5.41) is 12.1. The SMILES string of the molecule is Cc1nc(-c2ccc(S(=O)(=O)N3CCC(C)(C(=O)O)C3)s2)cs1. The quantitative estimate of drug-likeness (QED) is 0.891. The molecule has 0 saturated carbocycles. The predicted molar refractivity (Wildman–Crippen MR) is 89.3 cm³/mol. The molecule has 124 valence electrons. The molecule has 1 aliphatic rings. The number of rotatable bonds is 4. The lowest BCUT2D eigenvalue weighted by Crippen LogP contribution is -2.34. The molecule has 1 saturated heterocycles. The molecule has 0 bridgehead atoms. The Morgan fingerprint density at radius 3 is 2.74 bits per heavy atom. The van der Waals surface area contributed by atoms with Crippen LogP contribution in [-0.4, -0.2) is 41.9 Å². The van der Waals surface area contributed by atoms with Crippen molar-refractivity contribution in [3.8, 4) is 10.6 Å². The van der Waals surface area contributed by atoms with Crippen LogP contribution in [-0.2, 0) is 14.8 Å².